The first-order chi connectivity index (χ1) is 12.1. The summed E-state index contributed by atoms with van der Waals surface area (Å²) in [5.41, 5.74) is 0.631. The largest absolute Gasteiger partial charge is 0.495 e. The first-order valence-electron chi connectivity index (χ1n) is 9.31. The Hall–Kier alpha value is -2.04. The molecule has 3 atom stereocenters. The second-order valence-electron chi connectivity index (χ2n) is 7.30. The van der Waals surface area contributed by atoms with Crippen LogP contribution in [0, 0.1) is 17.8 Å². The number of methoxy groups -OCH3 is 1. The zero-order chi connectivity index (χ0) is 17.8. The SMILES string of the molecule is CCN(CC(=O)Nc1ccccc1OC)C(=O)C[C@H]1C[C@H]2CC[C@H]1C2. The zero-order valence-electron chi connectivity index (χ0n) is 15.2. The average Bonchev–Trinajstić information content (AvgIpc) is 3.23. The Kier molecular flexibility index (Phi) is 5.61. The van der Waals surface area contributed by atoms with Crippen LogP contribution in [0.5, 0.6) is 5.75 Å². The van der Waals surface area contributed by atoms with E-state index in [1.807, 2.05) is 19.1 Å². The van der Waals surface area contributed by atoms with Gasteiger partial charge in [0.2, 0.25) is 11.8 Å². The topological polar surface area (TPSA) is 58.6 Å². The average molecular weight is 344 g/mol. The van der Waals surface area contributed by atoms with Crippen molar-refractivity contribution in [3.63, 3.8) is 0 Å². The van der Waals surface area contributed by atoms with Gasteiger partial charge in [-0.1, -0.05) is 18.6 Å². The highest BCUT2D eigenvalue weighted by atomic mass is 16.5. The van der Waals surface area contributed by atoms with Crippen molar-refractivity contribution < 1.29 is 14.3 Å². The lowest BCUT2D eigenvalue weighted by molar-refractivity contribution is -0.135. The molecule has 25 heavy (non-hydrogen) atoms. The number of nitrogens with one attached hydrogen (secondary N) is 1. The molecular weight excluding hydrogens is 316 g/mol. The summed E-state index contributed by atoms with van der Waals surface area (Å²) in [4.78, 5) is 26.7. The van der Waals surface area contributed by atoms with Gasteiger partial charge in [0.05, 0.1) is 19.3 Å². The van der Waals surface area contributed by atoms with Gasteiger partial charge in [0.15, 0.2) is 0 Å². The van der Waals surface area contributed by atoms with Gasteiger partial charge in [-0.3, -0.25) is 9.59 Å². The smallest absolute Gasteiger partial charge is 0.244 e. The number of nitrogens with zero attached hydrogens (tertiary/aromatic N) is 1. The Balaban J connectivity index is 1.54. The van der Waals surface area contributed by atoms with Crippen LogP contribution in [0.15, 0.2) is 24.3 Å². The van der Waals surface area contributed by atoms with E-state index in [0.29, 0.717) is 30.3 Å². The maximum Gasteiger partial charge on any atom is 0.244 e. The third kappa shape index (κ3) is 4.14. The second kappa shape index (κ2) is 7.89. The Morgan fingerprint density at radius 1 is 1.24 bits per heavy atom. The van der Waals surface area contributed by atoms with Crippen molar-refractivity contribution in [2.45, 2.75) is 39.0 Å². The van der Waals surface area contributed by atoms with Gasteiger partial charge in [0, 0.05) is 13.0 Å². The van der Waals surface area contributed by atoms with Crippen molar-refractivity contribution in [1.82, 2.24) is 4.90 Å². The van der Waals surface area contributed by atoms with Crippen molar-refractivity contribution >= 4 is 17.5 Å². The normalized spacial score (nSPS) is 24.2. The molecule has 5 nitrogen and oxygen atoms in total. The summed E-state index contributed by atoms with van der Waals surface area (Å²) in [5, 5.41) is 2.84. The number of hydrogen-bond donors (Lipinski definition) is 1. The number of amides is 2. The molecule has 3 rings (SSSR count). The minimum absolute atomic E-state index is 0.0915. The number of fused-ring (bicyclic) bond motifs is 2. The van der Waals surface area contributed by atoms with Crippen molar-refractivity contribution in [3.05, 3.63) is 24.3 Å². The van der Waals surface area contributed by atoms with E-state index in [-0.39, 0.29) is 18.4 Å². The van der Waals surface area contributed by atoms with Crippen LogP contribution in [0.1, 0.15) is 39.0 Å². The molecule has 0 radical (unpaired) electrons. The van der Waals surface area contributed by atoms with E-state index in [9.17, 15) is 9.59 Å². The molecule has 0 unspecified atom stereocenters. The van der Waals surface area contributed by atoms with Crippen LogP contribution < -0.4 is 10.1 Å². The Morgan fingerprint density at radius 2 is 2.04 bits per heavy atom. The highest BCUT2D eigenvalue weighted by Gasteiger charge is 2.40. The second-order valence-corrected chi connectivity index (χ2v) is 7.30. The molecular formula is C20H28N2O3. The number of hydrogen-bond acceptors (Lipinski definition) is 3. The van der Waals surface area contributed by atoms with Crippen LogP contribution in [0.4, 0.5) is 5.69 Å². The molecule has 0 spiro atoms. The lowest BCUT2D eigenvalue weighted by atomic mass is 9.86. The molecule has 2 amide bonds. The van der Waals surface area contributed by atoms with Crippen molar-refractivity contribution in [1.29, 1.82) is 0 Å². The number of anilines is 1. The summed E-state index contributed by atoms with van der Waals surface area (Å²) in [6.07, 6.45) is 5.72. The third-order valence-electron chi connectivity index (χ3n) is 5.77. The highest BCUT2D eigenvalue weighted by Crippen LogP contribution is 2.49. The lowest BCUT2D eigenvalue weighted by Gasteiger charge is -2.26. The predicted molar refractivity (Wildman–Crippen MR) is 97.4 cm³/mol. The van der Waals surface area contributed by atoms with E-state index < -0.39 is 0 Å². The molecule has 5 heteroatoms. The van der Waals surface area contributed by atoms with Gasteiger partial charge in [0.25, 0.3) is 0 Å². The van der Waals surface area contributed by atoms with Crippen LogP contribution >= 0.6 is 0 Å². The van der Waals surface area contributed by atoms with Crippen molar-refractivity contribution in [2.24, 2.45) is 17.8 Å². The molecule has 0 saturated heterocycles. The van der Waals surface area contributed by atoms with E-state index >= 15 is 0 Å². The van der Waals surface area contributed by atoms with E-state index in [1.165, 1.54) is 25.7 Å². The molecule has 2 fully saturated rings. The molecule has 136 valence electrons. The van der Waals surface area contributed by atoms with Gasteiger partial charge in [-0.15, -0.1) is 0 Å². The Morgan fingerprint density at radius 3 is 2.68 bits per heavy atom. The van der Waals surface area contributed by atoms with Gasteiger partial charge in [-0.25, -0.2) is 0 Å². The van der Waals surface area contributed by atoms with E-state index in [0.717, 1.165) is 11.8 Å². The first-order valence-corrected chi connectivity index (χ1v) is 9.31. The number of para-hydroxylation sites is 2. The van der Waals surface area contributed by atoms with Crippen molar-refractivity contribution in [3.8, 4) is 5.75 Å². The predicted octanol–water partition coefficient (Wildman–Crippen LogP) is 3.31. The van der Waals surface area contributed by atoms with Gasteiger partial charge in [0.1, 0.15) is 5.75 Å². The quantitative estimate of drug-likeness (QED) is 0.825. The summed E-state index contributed by atoms with van der Waals surface area (Å²) in [6.45, 7) is 2.57. The fourth-order valence-corrected chi connectivity index (χ4v) is 4.47. The summed E-state index contributed by atoms with van der Waals surface area (Å²) < 4.78 is 5.25. The molecule has 0 aliphatic heterocycles. The Labute approximate surface area is 149 Å². The Bertz CT molecular complexity index is 631. The molecule has 2 aliphatic carbocycles. The van der Waals surface area contributed by atoms with Crippen LogP contribution in [0.25, 0.3) is 0 Å². The molecule has 1 aromatic carbocycles. The van der Waals surface area contributed by atoms with Crippen LogP contribution in [0.2, 0.25) is 0 Å². The van der Waals surface area contributed by atoms with Gasteiger partial charge in [-0.2, -0.15) is 0 Å². The number of likely N-dealkylation sites (N-methyl/N-ethyl adjacent to an activating group) is 1. The highest BCUT2D eigenvalue weighted by molar-refractivity contribution is 5.95. The van der Waals surface area contributed by atoms with Gasteiger partial charge < -0.3 is 15.0 Å². The molecule has 1 N–H and O–H groups in total. The minimum Gasteiger partial charge on any atom is -0.495 e. The van der Waals surface area contributed by atoms with Crippen molar-refractivity contribution in [2.75, 3.05) is 25.5 Å². The first kappa shape index (κ1) is 17.8. The molecule has 0 heterocycles. The van der Waals surface area contributed by atoms with E-state index in [4.69, 9.17) is 4.74 Å². The maximum atomic E-state index is 12.6. The number of carbonyl (C=O) groups excluding carboxylic acids is 2. The zero-order valence-corrected chi connectivity index (χ0v) is 15.2. The summed E-state index contributed by atoms with van der Waals surface area (Å²) in [6, 6.07) is 7.29. The van der Waals surface area contributed by atoms with E-state index in [1.54, 1.807) is 24.1 Å². The number of benzene rings is 1. The fraction of sp³-hybridized carbons (Fsp3) is 0.600. The molecule has 2 aliphatic rings. The lowest BCUT2D eigenvalue weighted by Crippen LogP contribution is -2.39. The fourth-order valence-electron chi connectivity index (χ4n) is 4.47. The molecule has 2 bridgehead atoms. The summed E-state index contributed by atoms with van der Waals surface area (Å²) in [7, 11) is 1.57. The number of carbonyl (C=O) groups is 2. The molecule has 2 saturated carbocycles. The molecule has 1 aromatic rings. The third-order valence-corrected chi connectivity index (χ3v) is 5.77. The monoisotopic (exact) mass is 344 g/mol. The summed E-state index contributed by atoms with van der Waals surface area (Å²) >= 11 is 0. The summed E-state index contributed by atoms with van der Waals surface area (Å²) in [5.74, 6) is 2.63. The number of rotatable bonds is 7. The van der Waals surface area contributed by atoms with Gasteiger partial charge >= 0.3 is 0 Å². The van der Waals surface area contributed by atoms with E-state index in [2.05, 4.69) is 5.32 Å². The molecule has 0 aromatic heterocycles. The minimum atomic E-state index is -0.187. The standard InChI is InChI=1S/C20H28N2O3/c1-3-22(20(24)12-16-11-14-8-9-15(16)10-14)13-19(23)21-17-6-4-5-7-18(17)25-2/h4-7,14-16H,3,8-13H2,1-2H3,(H,21,23)/t14-,15-,16+/m0/s1. The van der Waals surface area contributed by atoms with Crippen LogP contribution in [-0.4, -0.2) is 36.9 Å². The van der Waals surface area contributed by atoms with Crippen LogP contribution in [-0.2, 0) is 9.59 Å². The van der Waals surface area contributed by atoms with Crippen LogP contribution in [0.3, 0.4) is 0 Å². The maximum absolute atomic E-state index is 12.6. The number of ether oxygens (including phenoxy) is 1. The van der Waals surface area contributed by atoms with Gasteiger partial charge in [-0.05, 0) is 56.1 Å².